The molecule has 3 aromatic rings. The molecule has 1 amide bonds. The highest BCUT2D eigenvalue weighted by Crippen LogP contribution is 2.34. The van der Waals surface area contributed by atoms with Crippen LogP contribution in [0.2, 0.25) is 5.02 Å². The van der Waals surface area contributed by atoms with Crippen LogP contribution >= 0.6 is 11.6 Å². The number of aryl methyl sites for hydroxylation is 1. The van der Waals surface area contributed by atoms with Crippen molar-refractivity contribution in [2.24, 2.45) is 0 Å². The number of nitrogens with one attached hydrogen (secondary N) is 1. The van der Waals surface area contributed by atoms with Crippen LogP contribution in [0, 0.1) is 6.92 Å². The number of hydrogen-bond donors (Lipinski definition) is 1. The first-order chi connectivity index (χ1) is 12.3. The minimum atomic E-state index is -4.59. The number of amides is 1. The molecule has 1 N–H and O–H groups in total. The second kappa shape index (κ2) is 6.80. The molecular weight excluding hydrogens is 369 g/mol. The van der Waals surface area contributed by atoms with Crippen molar-refractivity contribution in [3.05, 3.63) is 70.8 Å². The van der Waals surface area contributed by atoms with E-state index in [2.05, 4.69) is 15.4 Å². The summed E-state index contributed by atoms with van der Waals surface area (Å²) in [5.74, 6) is -0.673. The van der Waals surface area contributed by atoms with Gasteiger partial charge in [0.2, 0.25) is 5.82 Å². The summed E-state index contributed by atoms with van der Waals surface area (Å²) in [6, 6.07) is 11.4. The monoisotopic (exact) mass is 380 g/mol. The summed E-state index contributed by atoms with van der Waals surface area (Å²) < 4.78 is 40.5. The van der Waals surface area contributed by atoms with Gasteiger partial charge in [-0.1, -0.05) is 23.7 Å². The van der Waals surface area contributed by atoms with E-state index in [-0.39, 0.29) is 11.5 Å². The molecule has 2 aromatic carbocycles. The van der Waals surface area contributed by atoms with E-state index in [0.29, 0.717) is 16.5 Å². The third-order valence-electron chi connectivity index (χ3n) is 3.52. The SMILES string of the molecule is Cc1nc(C(=O)Nc2ccccc2C(F)(F)F)nn1-c1ccc(Cl)cc1. The normalized spacial score (nSPS) is 11.4. The lowest BCUT2D eigenvalue weighted by Gasteiger charge is -2.12. The minimum Gasteiger partial charge on any atom is -0.319 e. The molecule has 5 nitrogen and oxygen atoms in total. The Balaban J connectivity index is 1.88. The average Bonchev–Trinajstić information content (AvgIpc) is 2.97. The summed E-state index contributed by atoms with van der Waals surface area (Å²) >= 11 is 5.84. The van der Waals surface area contributed by atoms with E-state index in [1.165, 1.54) is 22.9 Å². The zero-order valence-electron chi connectivity index (χ0n) is 13.4. The number of aromatic nitrogens is 3. The lowest BCUT2D eigenvalue weighted by Crippen LogP contribution is -2.18. The molecule has 0 saturated heterocycles. The number of para-hydroxylation sites is 1. The van der Waals surface area contributed by atoms with Crippen LogP contribution in [-0.2, 0) is 6.18 Å². The third kappa shape index (κ3) is 3.70. The lowest BCUT2D eigenvalue weighted by atomic mass is 10.1. The van der Waals surface area contributed by atoms with Gasteiger partial charge in [-0.05, 0) is 43.3 Å². The molecule has 3 rings (SSSR count). The molecule has 0 aliphatic carbocycles. The fraction of sp³-hybridized carbons (Fsp3) is 0.118. The molecular formula is C17H12ClF3N4O. The number of rotatable bonds is 3. The van der Waals surface area contributed by atoms with Crippen molar-refractivity contribution in [3.8, 4) is 5.69 Å². The van der Waals surface area contributed by atoms with Crippen molar-refractivity contribution in [1.82, 2.24) is 14.8 Å². The maximum absolute atomic E-state index is 13.0. The van der Waals surface area contributed by atoms with Crippen LogP contribution in [0.3, 0.4) is 0 Å². The van der Waals surface area contributed by atoms with Crippen LogP contribution in [0.1, 0.15) is 22.0 Å². The van der Waals surface area contributed by atoms with Crippen molar-refractivity contribution in [3.63, 3.8) is 0 Å². The molecule has 26 heavy (non-hydrogen) atoms. The summed E-state index contributed by atoms with van der Waals surface area (Å²) in [4.78, 5) is 16.3. The Bertz CT molecular complexity index is 951. The molecule has 0 aliphatic rings. The minimum absolute atomic E-state index is 0.241. The van der Waals surface area contributed by atoms with Gasteiger partial charge in [-0.3, -0.25) is 4.79 Å². The second-order valence-corrected chi connectivity index (χ2v) is 5.80. The predicted octanol–water partition coefficient (Wildman–Crippen LogP) is 4.50. The van der Waals surface area contributed by atoms with Gasteiger partial charge in [0.1, 0.15) is 5.82 Å². The maximum Gasteiger partial charge on any atom is 0.418 e. The number of carbonyl (C=O) groups excluding carboxylic acids is 1. The van der Waals surface area contributed by atoms with Crippen LogP contribution < -0.4 is 5.32 Å². The quantitative estimate of drug-likeness (QED) is 0.727. The Morgan fingerprint density at radius 2 is 1.77 bits per heavy atom. The Labute approximate surface area is 151 Å². The van der Waals surface area contributed by atoms with E-state index in [0.717, 1.165) is 6.07 Å². The van der Waals surface area contributed by atoms with Crippen LogP contribution in [0.5, 0.6) is 0 Å². The Morgan fingerprint density at radius 3 is 2.42 bits per heavy atom. The van der Waals surface area contributed by atoms with Gasteiger partial charge in [-0.15, -0.1) is 5.10 Å². The molecule has 0 unspecified atom stereocenters. The highest BCUT2D eigenvalue weighted by molar-refractivity contribution is 6.30. The standard InChI is InChI=1S/C17H12ClF3N4O/c1-10-22-15(24-25(10)12-8-6-11(18)7-9-12)16(26)23-14-5-3-2-4-13(14)17(19,20)21/h2-9H,1H3,(H,23,26). The van der Waals surface area contributed by atoms with Crippen molar-refractivity contribution in [2.45, 2.75) is 13.1 Å². The zero-order chi connectivity index (χ0) is 18.9. The summed E-state index contributed by atoms with van der Waals surface area (Å²) in [5.41, 5.74) is -0.679. The Hall–Kier alpha value is -2.87. The van der Waals surface area contributed by atoms with Crippen LogP contribution in [0.25, 0.3) is 5.69 Å². The van der Waals surface area contributed by atoms with E-state index >= 15 is 0 Å². The topological polar surface area (TPSA) is 59.8 Å². The maximum atomic E-state index is 13.0. The van der Waals surface area contributed by atoms with E-state index < -0.39 is 17.6 Å². The van der Waals surface area contributed by atoms with Crippen LogP contribution in [0.15, 0.2) is 48.5 Å². The molecule has 9 heteroatoms. The Kier molecular flexibility index (Phi) is 4.69. The molecule has 0 fully saturated rings. The molecule has 0 aliphatic heterocycles. The number of nitrogens with zero attached hydrogens (tertiary/aromatic N) is 3. The zero-order valence-corrected chi connectivity index (χ0v) is 14.1. The fourth-order valence-electron chi connectivity index (χ4n) is 2.33. The summed E-state index contributed by atoms with van der Waals surface area (Å²) in [6.45, 7) is 1.63. The van der Waals surface area contributed by atoms with Gasteiger partial charge in [0.05, 0.1) is 16.9 Å². The largest absolute Gasteiger partial charge is 0.418 e. The molecule has 134 valence electrons. The van der Waals surface area contributed by atoms with Crippen molar-refractivity contribution in [1.29, 1.82) is 0 Å². The molecule has 1 heterocycles. The summed E-state index contributed by atoms with van der Waals surface area (Å²) in [5, 5.41) is 6.82. The average molecular weight is 381 g/mol. The Morgan fingerprint density at radius 1 is 1.12 bits per heavy atom. The smallest absolute Gasteiger partial charge is 0.319 e. The van der Waals surface area contributed by atoms with Gasteiger partial charge >= 0.3 is 6.18 Å². The van der Waals surface area contributed by atoms with Gasteiger partial charge in [0, 0.05) is 5.02 Å². The first-order valence-corrected chi connectivity index (χ1v) is 7.80. The summed E-state index contributed by atoms with van der Waals surface area (Å²) in [6.07, 6.45) is -4.59. The van der Waals surface area contributed by atoms with Gasteiger partial charge < -0.3 is 5.32 Å². The highest BCUT2D eigenvalue weighted by Gasteiger charge is 2.33. The van der Waals surface area contributed by atoms with Gasteiger partial charge in [0.15, 0.2) is 0 Å². The van der Waals surface area contributed by atoms with Crippen molar-refractivity contribution >= 4 is 23.2 Å². The third-order valence-corrected chi connectivity index (χ3v) is 3.78. The van der Waals surface area contributed by atoms with E-state index in [9.17, 15) is 18.0 Å². The van der Waals surface area contributed by atoms with Crippen molar-refractivity contribution in [2.75, 3.05) is 5.32 Å². The van der Waals surface area contributed by atoms with E-state index in [1.54, 1.807) is 31.2 Å². The molecule has 0 atom stereocenters. The first-order valence-electron chi connectivity index (χ1n) is 7.43. The van der Waals surface area contributed by atoms with Gasteiger partial charge in [-0.2, -0.15) is 13.2 Å². The molecule has 1 aromatic heterocycles. The van der Waals surface area contributed by atoms with Crippen LogP contribution in [0.4, 0.5) is 18.9 Å². The predicted molar refractivity (Wildman–Crippen MR) is 90.5 cm³/mol. The molecule has 0 bridgehead atoms. The number of hydrogen-bond acceptors (Lipinski definition) is 3. The number of halogens is 4. The highest BCUT2D eigenvalue weighted by atomic mass is 35.5. The summed E-state index contributed by atoms with van der Waals surface area (Å²) in [7, 11) is 0. The molecule has 0 spiro atoms. The first kappa shape index (κ1) is 17.9. The van der Waals surface area contributed by atoms with Crippen molar-refractivity contribution < 1.29 is 18.0 Å². The number of anilines is 1. The van der Waals surface area contributed by atoms with Gasteiger partial charge in [0.25, 0.3) is 5.91 Å². The van der Waals surface area contributed by atoms with E-state index in [4.69, 9.17) is 11.6 Å². The lowest BCUT2D eigenvalue weighted by molar-refractivity contribution is -0.136. The fourth-order valence-corrected chi connectivity index (χ4v) is 2.46. The van der Waals surface area contributed by atoms with Gasteiger partial charge in [-0.25, -0.2) is 9.67 Å². The van der Waals surface area contributed by atoms with Crippen LogP contribution in [-0.4, -0.2) is 20.7 Å². The number of carbonyl (C=O) groups is 1. The molecule has 0 saturated carbocycles. The van der Waals surface area contributed by atoms with E-state index in [1.807, 2.05) is 0 Å². The number of alkyl halides is 3. The number of benzene rings is 2. The molecule has 0 radical (unpaired) electrons. The second-order valence-electron chi connectivity index (χ2n) is 5.37.